The molecule has 2 atom stereocenters. The fourth-order valence-corrected chi connectivity index (χ4v) is 4.53. The Bertz CT molecular complexity index is 707. The van der Waals surface area contributed by atoms with Crippen LogP contribution in [0.25, 0.3) is 0 Å². The minimum absolute atomic E-state index is 0. The summed E-state index contributed by atoms with van der Waals surface area (Å²) in [6.45, 7) is 11.1. The third-order valence-corrected chi connectivity index (χ3v) is 6.37. The fourth-order valence-electron chi connectivity index (χ4n) is 4.53. The Morgan fingerprint density at radius 1 is 0.867 bits per heavy atom. The molecule has 1 aliphatic heterocycles. The smallest absolute Gasteiger partial charge is 0.119 e. The predicted octanol–water partition coefficient (Wildman–Crippen LogP) is 6.05. The summed E-state index contributed by atoms with van der Waals surface area (Å²) < 4.78 is 13.0. The summed E-state index contributed by atoms with van der Waals surface area (Å²) in [7, 11) is 0. The molecule has 0 saturated carbocycles. The van der Waals surface area contributed by atoms with Crippen LogP contribution in [0.3, 0.4) is 0 Å². The van der Waals surface area contributed by atoms with Crippen molar-refractivity contribution in [2.75, 3.05) is 39.4 Å². The van der Waals surface area contributed by atoms with Crippen molar-refractivity contribution in [1.82, 2.24) is 0 Å². The summed E-state index contributed by atoms with van der Waals surface area (Å²) in [5, 5.41) is 0. The van der Waals surface area contributed by atoms with Crippen LogP contribution in [0.4, 0.5) is 0 Å². The molecule has 1 aliphatic rings. The van der Waals surface area contributed by atoms with E-state index in [0.29, 0.717) is 5.92 Å². The van der Waals surface area contributed by atoms with Gasteiger partial charge in [0.1, 0.15) is 11.5 Å². The zero-order chi connectivity index (χ0) is 20.4. The maximum atomic E-state index is 6.01. The summed E-state index contributed by atoms with van der Waals surface area (Å²) in [6, 6.07) is 19.2. The standard InChI is InChI=1S/C26H38NO2.Y/c1-3-5-20-28-25-14-16-26(17-15-25)29-21-10-19-27(4-2)18-9-13-24(22-27)23-11-7-6-8-12-23;/h6-8,11-12,14-17,24H,3-5,9-10,13,18-22H2,1-2H3;/q+1;. The van der Waals surface area contributed by atoms with Gasteiger partial charge in [-0.05, 0) is 56.0 Å². The SMILES string of the molecule is CCCCOc1ccc(OCCC[N+]2(CC)CCCC(c3ccccc3)C2)cc1.[Y]. The fraction of sp³-hybridized carbons (Fsp3) is 0.538. The molecule has 1 fully saturated rings. The number of hydrogen-bond acceptors (Lipinski definition) is 2. The van der Waals surface area contributed by atoms with Gasteiger partial charge in [-0.2, -0.15) is 0 Å². The number of unbranched alkanes of at least 4 members (excludes halogenated alkanes) is 1. The first-order valence-corrected chi connectivity index (χ1v) is 11.5. The Balaban J connectivity index is 0.00000320. The number of nitrogens with zero attached hydrogens (tertiary/aromatic N) is 1. The largest absolute Gasteiger partial charge is 0.494 e. The van der Waals surface area contributed by atoms with Gasteiger partial charge in [-0.3, -0.25) is 0 Å². The second-order valence-electron chi connectivity index (χ2n) is 8.41. The molecule has 0 aliphatic carbocycles. The average Bonchev–Trinajstić information content (AvgIpc) is 2.79. The molecule has 0 aromatic heterocycles. The Kier molecular flexibility index (Phi) is 11.4. The van der Waals surface area contributed by atoms with E-state index in [-0.39, 0.29) is 32.7 Å². The Labute approximate surface area is 208 Å². The van der Waals surface area contributed by atoms with Gasteiger partial charge in [0.05, 0.1) is 39.4 Å². The molecule has 3 rings (SSSR count). The quantitative estimate of drug-likeness (QED) is 0.285. The van der Waals surface area contributed by atoms with Crippen LogP contribution >= 0.6 is 0 Å². The van der Waals surface area contributed by atoms with E-state index in [0.717, 1.165) is 44.0 Å². The van der Waals surface area contributed by atoms with Gasteiger partial charge in [0, 0.05) is 45.0 Å². The summed E-state index contributed by atoms with van der Waals surface area (Å²) in [5.74, 6) is 2.57. The summed E-state index contributed by atoms with van der Waals surface area (Å²) >= 11 is 0. The van der Waals surface area contributed by atoms with E-state index < -0.39 is 0 Å². The third kappa shape index (κ3) is 7.66. The molecule has 1 heterocycles. The van der Waals surface area contributed by atoms with Crippen LogP contribution in [0.1, 0.15) is 57.4 Å². The molecule has 161 valence electrons. The minimum atomic E-state index is 0. The van der Waals surface area contributed by atoms with E-state index in [1.54, 1.807) is 0 Å². The van der Waals surface area contributed by atoms with Gasteiger partial charge in [-0.25, -0.2) is 0 Å². The third-order valence-electron chi connectivity index (χ3n) is 6.37. The number of likely N-dealkylation sites (N-methyl/N-ethyl adjacent to an activating group) is 1. The van der Waals surface area contributed by atoms with Crippen molar-refractivity contribution in [2.45, 2.75) is 51.9 Å². The van der Waals surface area contributed by atoms with E-state index in [9.17, 15) is 0 Å². The maximum Gasteiger partial charge on any atom is 0.119 e. The maximum absolute atomic E-state index is 6.01. The molecule has 2 unspecified atom stereocenters. The average molecular weight is 486 g/mol. The van der Waals surface area contributed by atoms with Crippen LogP contribution in [0.15, 0.2) is 54.6 Å². The number of likely N-dealkylation sites (tertiary alicyclic amines) is 1. The van der Waals surface area contributed by atoms with Crippen molar-refractivity contribution in [3.8, 4) is 11.5 Å². The van der Waals surface area contributed by atoms with Gasteiger partial charge in [0.25, 0.3) is 0 Å². The van der Waals surface area contributed by atoms with Crippen LogP contribution < -0.4 is 9.47 Å². The summed E-state index contributed by atoms with van der Waals surface area (Å²) in [6.07, 6.45) is 6.01. The van der Waals surface area contributed by atoms with Crippen molar-refractivity contribution in [2.24, 2.45) is 0 Å². The van der Waals surface area contributed by atoms with Crippen molar-refractivity contribution in [3.05, 3.63) is 60.2 Å². The molecule has 2 aromatic rings. The van der Waals surface area contributed by atoms with Gasteiger partial charge in [0.15, 0.2) is 0 Å². The number of rotatable bonds is 11. The number of benzene rings is 2. The van der Waals surface area contributed by atoms with Crippen LogP contribution in [0.5, 0.6) is 11.5 Å². The molecule has 3 nitrogen and oxygen atoms in total. The Hall–Kier alpha value is -0.896. The molecule has 1 radical (unpaired) electrons. The van der Waals surface area contributed by atoms with Crippen molar-refractivity contribution in [3.63, 3.8) is 0 Å². The number of hydrogen-bond donors (Lipinski definition) is 0. The molecule has 30 heavy (non-hydrogen) atoms. The first-order valence-electron chi connectivity index (χ1n) is 11.5. The molecule has 2 aromatic carbocycles. The van der Waals surface area contributed by atoms with Gasteiger partial charge >= 0.3 is 0 Å². The molecular weight excluding hydrogens is 447 g/mol. The van der Waals surface area contributed by atoms with Gasteiger partial charge in [-0.1, -0.05) is 43.7 Å². The van der Waals surface area contributed by atoms with Crippen molar-refractivity contribution in [1.29, 1.82) is 0 Å². The van der Waals surface area contributed by atoms with E-state index in [4.69, 9.17) is 9.47 Å². The number of ether oxygens (including phenoxy) is 2. The first-order chi connectivity index (χ1) is 14.2. The topological polar surface area (TPSA) is 18.5 Å². The van der Waals surface area contributed by atoms with Crippen LogP contribution in [0.2, 0.25) is 0 Å². The molecule has 0 amide bonds. The number of quaternary nitrogens is 1. The van der Waals surface area contributed by atoms with E-state index >= 15 is 0 Å². The normalized spacial score (nSPS) is 20.9. The zero-order valence-electron chi connectivity index (χ0n) is 18.9. The Morgan fingerprint density at radius 2 is 1.50 bits per heavy atom. The molecular formula is C26H38NO2Y+. The van der Waals surface area contributed by atoms with Crippen LogP contribution in [0, 0.1) is 0 Å². The van der Waals surface area contributed by atoms with Gasteiger partial charge in [0.2, 0.25) is 0 Å². The zero-order valence-corrected chi connectivity index (χ0v) is 21.7. The monoisotopic (exact) mass is 485 g/mol. The van der Waals surface area contributed by atoms with Gasteiger partial charge in [-0.15, -0.1) is 0 Å². The molecule has 1 saturated heterocycles. The summed E-state index contributed by atoms with van der Waals surface area (Å²) in [4.78, 5) is 0. The number of piperidine rings is 1. The molecule has 0 bridgehead atoms. The molecule has 0 spiro atoms. The Morgan fingerprint density at radius 3 is 2.10 bits per heavy atom. The van der Waals surface area contributed by atoms with E-state index in [1.165, 1.54) is 49.1 Å². The van der Waals surface area contributed by atoms with Crippen molar-refractivity contribution < 1.29 is 46.7 Å². The van der Waals surface area contributed by atoms with Crippen LogP contribution in [-0.4, -0.2) is 43.9 Å². The van der Waals surface area contributed by atoms with Crippen molar-refractivity contribution >= 4 is 0 Å². The van der Waals surface area contributed by atoms with E-state index in [1.807, 2.05) is 24.3 Å². The molecule has 0 N–H and O–H groups in total. The van der Waals surface area contributed by atoms with Gasteiger partial charge < -0.3 is 14.0 Å². The summed E-state index contributed by atoms with van der Waals surface area (Å²) in [5.41, 5.74) is 1.51. The molecule has 4 heteroatoms. The minimum Gasteiger partial charge on any atom is -0.494 e. The second kappa shape index (κ2) is 13.5. The first kappa shape index (κ1) is 25.4. The van der Waals surface area contributed by atoms with E-state index in [2.05, 4.69) is 44.2 Å². The van der Waals surface area contributed by atoms with Crippen LogP contribution in [-0.2, 0) is 32.7 Å². The second-order valence-corrected chi connectivity index (χ2v) is 8.41. The predicted molar refractivity (Wildman–Crippen MR) is 121 cm³/mol.